The van der Waals surface area contributed by atoms with E-state index in [1.165, 1.54) is 0 Å². The summed E-state index contributed by atoms with van der Waals surface area (Å²) in [5.74, 6) is 7.76. The van der Waals surface area contributed by atoms with Crippen LogP contribution in [0, 0.1) is 6.92 Å². The van der Waals surface area contributed by atoms with E-state index < -0.39 is 0 Å². The third kappa shape index (κ3) is 4.06. The van der Waals surface area contributed by atoms with E-state index in [0.717, 1.165) is 40.6 Å². The predicted molar refractivity (Wildman–Crippen MR) is 87.4 cm³/mol. The Morgan fingerprint density at radius 1 is 1.24 bits per heavy atom. The van der Waals surface area contributed by atoms with E-state index in [1.807, 2.05) is 31.2 Å². The zero-order valence-electron chi connectivity index (χ0n) is 12.3. The molecule has 1 aromatic carbocycles. The third-order valence-electron chi connectivity index (χ3n) is 3.15. The zero-order valence-corrected chi connectivity index (χ0v) is 13.0. The molecule has 5 nitrogen and oxygen atoms in total. The van der Waals surface area contributed by atoms with Crippen molar-refractivity contribution in [1.29, 1.82) is 0 Å². The molecule has 1 heterocycles. The van der Waals surface area contributed by atoms with Crippen molar-refractivity contribution in [2.75, 3.05) is 10.7 Å². The number of aromatic nitrogens is 2. The van der Waals surface area contributed by atoms with Gasteiger partial charge in [0.25, 0.3) is 0 Å². The van der Waals surface area contributed by atoms with Gasteiger partial charge in [-0.3, -0.25) is 0 Å². The van der Waals surface area contributed by atoms with E-state index in [1.54, 1.807) is 0 Å². The maximum atomic E-state index is 5.99. The first kappa shape index (κ1) is 15.5. The number of hydrazine groups is 1. The number of hydrogen-bond donors (Lipinski definition) is 3. The highest BCUT2D eigenvalue weighted by Gasteiger charge is 2.09. The average molecular weight is 306 g/mol. The normalized spacial score (nSPS) is 10.5. The fourth-order valence-corrected chi connectivity index (χ4v) is 2.26. The van der Waals surface area contributed by atoms with E-state index in [9.17, 15) is 0 Å². The summed E-state index contributed by atoms with van der Waals surface area (Å²) in [5.41, 5.74) is 4.63. The summed E-state index contributed by atoms with van der Waals surface area (Å²) < 4.78 is 0. The summed E-state index contributed by atoms with van der Waals surface area (Å²) >= 11 is 5.99. The molecule has 0 saturated carbocycles. The number of nitrogen functional groups attached to an aromatic ring is 1. The molecule has 2 rings (SSSR count). The first-order valence-electron chi connectivity index (χ1n) is 6.96. The van der Waals surface area contributed by atoms with E-state index in [-0.39, 0.29) is 0 Å². The van der Waals surface area contributed by atoms with Gasteiger partial charge in [-0.1, -0.05) is 30.7 Å². The molecule has 4 N–H and O–H groups in total. The molecule has 112 valence electrons. The Morgan fingerprint density at radius 3 is 2.67 bits per heavy atom. The van der Waals surface area contributed by atoms with Gasteiger partial charge in [-0.05, 0) is 31.0 Å². The topological polar surface area (TPSA) is 75.9 Å². The number of halogens is 1. The maximum absolute atomic E-state index is 5.99. The van der Waals surface area contributed by atoms with Crippen LogP contribution in [-0.4, -0.2) is 9.97 Å². The molecule has 6 heteroatoms. The van der Waals surface area contributed by atoms with Crippen molar-refractivity contribution in [3.8, 4) is 0 Å². The second-order valence-electron chi connectivity index (χ2n) is 4.84. The number of hydrogen-bond acceptors (Lipinski definition) is 5. The van der Waals surface area contributed by atoms with E-state index >= 15 is 0 Å². The number of nitrogens with one attached hydrogen (secondary N) is 2. The average Bonchev–Trinajstić information content (AvgIpc) is 2.48. The minimum atomic E-state index is 0.647. The molecule has 21 heavy (non-hydrogen) atoms. The molecular formula is C15H20ClN5. The first-order chi connectivity index (χ1) is 10.1. The van der Waals surface area contributed by atoms with Crippen LogP contribution < -0.4 is 16.6 Å². The number of anilines is 2. The molecule has 0 spiro atoms. The molecule has 0 bridgehead atoms. The summed E-state index contributed by atoms with van der Waals surface area (Å²) in [6.45, 7) is 4.68. The molecule has 0 amide bonds. The van der Waals surface area contributed by atoms with Crippen LogP contribution in [0.25, 0.3) is 0 Å². The van der Waals surface area contributed by atoms with Crippen LogP contribution in [0.5, 0.6) is 0 Å². The summed E-state index contributed by atoms with van der Waals surface area (Å²) in [7, 11) is 0. The Bertz CT molecular complexity index is 615. The van der Waals surface area contributed by atoms with Gasteiger partial charge in [0, 0.05) is 23.6 Å². The van der Waals surface area contributed by atoms with Gasteiger partial charge in [0.15, 0.2) is 0 Å². The number of benzene rings is 1. The summed E-state index contributed by atoms with van der Waals surface area (Å²) in [6.07, 6.45) is 1.81. The molecule has 2 aromatic rings. The van der Waals surface area contributed by atoms with Gasteiger partial charge in [0.1, 0.15) is 17.5 Å². The molecule has 0 saturated heterocycles. The summed E-state index contributed by atoms with van der Waals surface area (Å²) in [5, 5.41) is 4.05. The molecule has 0 aliphatic rings. The van der Waals surface area contributed by atoms with Gasteiger partial charge in [0.05, 0.1) is 0 Å². The van der Waals surface area contributed by atoms with Crippen LogP contribution in [0.15, 0.2) is 24.3 Å². The molecule has 0 aliphatic carbocycles. The lowest BCUT2D eigenvalue weighted by molar-refractivity contribution is 0.830. The van der Waals surface area contributed by atoms with E-state index in [2.05, 4.69) is 27.6 Å². The minimum Gasteiger partial charge on any atom is -0.366 e. The molecule has 0 unspecified atom stereocenters. The summed E-state index contributed by atoms with van der Waals surface area (Å²) in [4.78, 5) is 8.96. The highest BCUT2D eigenvalue weighted by atomic mass is 35.5. The van der Waals surface area contributed by atoms with Crippen LogP contribution in [0.3, 0.4) is 0 Å². The number of nitrogens with zero attached hydrogens (tertiary/aromatic N) is 2. The Labute approximate surface area is 129 Å². The minimum absolute atomic E-state index is 0.647. The van der Waals surface area contributed by atoms with Crippen molar-refractivity contribution >= 4 is 23.2 Å². The van der Waals surface area contributed by atoms with E-state index in [4.69, 9.17) is 17.4 Å². The van der Waals surface area contributed by atoms with Gasteiger partial charge in [0.2, 0.25) is 0 Å². The highest BCUT2D eigenvalue weighted by molar-refractivity contribution is 6.30. The quantitative estimate of drug-likeness (QED) is 0.564. The third-order valence-corrected chi connectivity index (χ3v) is 3.39. The molecule has 0 aliphatic heterocycles. The highest BCUT2D eigenvalue weighted by Crippen LogP contribution is 2.21. The lowest BCUT2D eigenvalue weighted by Crippen LogP contribution is -2.15. The number of aryl methyl sites for hydroxylation is 1. The van der Waals surface area contributed by atoms with Gasteiger partial charge >= 0.3 is 0 Å². The van der Waals surface area contributed by atoms with Crippen molar-refractivity contribution in [3.63, 3.8) is 0 Å². The van der Waals surface area contributed by atoms with Gasteiger partial charge in [-0.25, -0.2) is 15.8 Å². The molecule has 0 fully saturated rings. The fourth-order valence-electron chi connectivity index (χ4n) is 2.04. The number of nitrogens with two attached hydrogens (primary N) is 1. The molecule has 1 aromatic heterocycles. The second-order valence-corrected chi connectivity index (χ2v) is 5.28. The first-order valence-corrected chi connectivity index (χ1v) is 7.34. The maximum Gasteiger partial charge on any atom is 0.148 e. The largest absolute Gasteiger partial charge is 0.366 e. The van der Waals surface area contributed by atoms with Crippen LogP contribution >= 0.6 is 11.6 Å². The van der Waals surface area contributed by atoms with Crippen molar-refractivity contribution < 1.29 is 0 Å². The van der Waals surface area contributed by atoms with Crippen molar-refractivity contribution in [2.45, 2.75) is 33.2 Å². The van der Waals surface area contributed by atoms with Crippen molar-refractivity contribution in [3.05, 3.63) is 46.2 Å². The summed E-state index contributed by atoms with van der Waals surface area (Å²) in [6, 6.07) is 7.74. The Balaban J connectivity index is 2.20. The van der Waals surface area contributed by atoms with Gasteiger partial charge in [-0.15, -0.1) is 0 Å². The molecular weight excluding hydrogens is 286 g/mol. The lowest BCUT2D eigenvalue weighted by atomic mass is 10.2. The number of rotatable bonds is 6. The van der Waals surface area contributed by atoms with Crippen LogP contribution in [0.2, 0.25) is 5.02 Å². The molecule has 0 atom stereocenters. The van der Waals surface area contributed by atoms with Crippen LogP contribution in [-0.2, 0) is 13.0 Å². The van der Waals surface area contributed by atoms with Crippen LogP contribution in [0.1, 0.15) is 30.3 Å². The SMILES string of the molecule is CCCc1nc(NN)c(C)c(NCc2cccc(Cl)c2)n1. The van der Waals surface area contributed by atoms with Crippen LogP contribution in [0.4, 0.5) is 11.6 Å². The van der Waals surface area contributed by atoms with Crippen molar-refractivity contribution in [1.82, 2.24) is 9.97 Å². The zero-order chi connectivity index (χ0) is 15.2. The standard InChI is InChI=1S/C15H20ClN5/c1-3-5-13-19-14(10(2)15(20-13)21-17)18-9-11-6-4-7-12(16)8-11/h4,6-8H,3,5,9,17H2,1-2H3,(H2,18,19,20,21). The van der Waals surface area contributed by atoms with Crippen molar-refractivity contribution in [2.24, 2.45) is 5.84 Å². The lowest BCUT2D eigenvalue weighted by Gasteiger charge is -2.13. The van der Waals surface area contributed by atoms with Gasteiger partial charge < -0.3 is 10.7 Å². The Morgan fingerprint density at radius 2 is 2.00 bits per heavy atom. The second kappa shape index (κ2) is 7.24. The monoisotopic (exact) mass is 305 g/mol. The predicted octanol–water partition coefficient (Wildman–Crippen LogP) is 3.29. The Hall–Kier alpha value is -1.85. The smallest absolute Gasteiger partial charge is 0.148 e. The molecule has 0 radical (unpaired) electrons. The Kier molecular flexibility index (Phi) is 5.36. The van der Waals surface area contributed by atoms with Gasteiger partial charge in [-0.2, -0.15) is 0 Å². The fraction of sp³-hybridized carbons (Fsp3) is 0.333. The van der Waals surface area contributed by atoms with E-state index in [0.29, 0.717) is 12.4 Å².